The largest absolute Gasteiger partial charge is 0.376 e. The molecule has 0 aliphatic carbocycles. The minimum Gasteiger partial charge on any atom is -0.376 e. The van der Waals surface area contributed by atoms with Crippen molar-refractivity contribution in [2.75, 3.05) is 32.9 Å². The van der Waals surface area contributed by atoms with Gasteiger partial charge < -0.3 is 14.4 Å². The molecule has 8 nitrogen and oxygen atoms in total. The van der Waals surface area contributed by atoms with Gasteiger partial charge >= 0.3 is 5.69 Å². The predicted molar refractivity (Wildman–Crippen MR) is 68.3 cm³/mol. The molecule has 110 valence electrons. The summed E-state index contributed by atoms with van der Waals surface area (Å²) in [6.07, 6.45) is 1.30. The Hall–Kier alpha value is -1.67. The number of likely N-dealkylation sites (tertiary alicyclic amines) is 1. The highest BCUT2D eigenvalue weighted by Crippen LogP contribution is 2.24. The highest BCUT2D eigenvalue weighted by Gasteiger charge is 2.32. The average Bonchev–Trinajstić information content (AvgIpc) is 2.94. The van der Waals surface area contributed by atoms with Gasteiger partial charge in [-0.15, -0.1) is 0 Å². The number of hydrogen-bond donors (Lipinski definition) is 2. The second-order valence-electron chi connectivity index (χ2n) is 5.12. The molecule has 2 atom stereocenters. The van der Waals surface area contributed by atoms with Gasteiger partial charge in [-0.25, -0.2) is 9.89 Å². The molecule has 0 aromatic carbocycles. The van der Waals surface area contributed by atoms with E-state index in [4.69, 9.17) is 9.47 Å². The number of rotatable bonds is 2. The minimum atomic E-state index is -0.499. The minimum absolute atomic E-state index is 0.0349. The molecule has 1 amide bonds. The zero-order valence-corrected chi connectivity index (χ0v) is 11.1. The maximum Gasteiger partial charge on any atom is 0.340 e. The number of ether oxygens (including phenoxy) is 2. The molecule has 1 aromatic heterocycles. The summed E-state index contributed by atoms with van der Waals surface area (Å²) in [6, 6.07) is 0. The molecule has 20 heavy (non-hydrogen) atoms. The summed E-state index contributed by atoms with van der Waals surface area (Å²) in [5.74, 6) is 0.650. The molecule has 3 rings (SSSR count). The van der Waals surface area contributed by atoms with Crippen LogP contribution in [0.15, 0.2) is 4.79 Å². The van der Waals surface area contributed by atoms with E-state index in [9.17, 15) is 9.59 Å². The van der Waals surface area contributed by atoms with Crippen LogP contribution in [0.25, 0.3) is 0 Å². The summed E-state index contributed by atoms with van der Waals surface area (Å²) >= 11 is 0. The summed E-state index contributed by atoms with van der Waals surface area (Å²) in [4.78, 5) is 27.9. The first-order chi connectivity index (χ1) is 9.74. The Bertz CT molecular complexity index is 520. The van der Waals surface area contributed by atoms with E-state index in [2.05, 4.69) is 15.2 Å². The molecule has 0 saturated carbocycles. The molecular formula is C12H18N4O4. The SMILES string of the molecule is O=C(C1COCCO1)N1CCCC(c2n[nH]c(=O)[nH]2)C1. The lowest BCUT2D eigenvalue weighted by atomic mass is 9.97. The molecule has 0 bridgehead atoms. The molecule has 1 aromatic rings. The second kappa shape index (κ2) is 5.76. The normalized spacial score (nSPS) is 27.5. The second-order valence-corrected chi connectivity index (χ2v) is 5.12. The highest BCUT2D eigenvalue weighted by atomic mass is 16.6. The van der Waals surface area contributed by atoms with Gasteiger partial charge in [-0.3, -0.25) is 9.78 Å². The standard InChI is InChI=1S/C12H18N4O4/c17-11(9-7-19-4-5-20-9)16-3-1-2-8(6-16)10-13-12(18)15-14-10/h8-9H,1-7H2,(H2,13,14,15,18). The van der Waals surface area contributed by atoms with Gasteiger partial charge in [0.2, 0.25) is 0 Å². The molecule has 2 unspecified atom stereocenters. The maximum atomic E-state index is 12.4. The fourth-order valence-electron chi connectivity index (χ4n) is 2.71. The van der Waals surface area contributed by atoms with Crippen LogP contribution in [0.4, 0.5) is 0 Å². The number of hydrogen-bond acceptors (Lipinski definition) is 5. The van der Waals surface area contributed by atoms with E-state index in [1.165, 1.54) is 0 Å². The van der Waals surface area contributed by atoms with Crippen molar-refractivity contribution in [1.82, 2.24) is 20.1 Å². The first-order valence-electron chi connectivity index (χ1n) is 6.87. The Morgan fingerprint density at radius 3 is 3.00 bits per heavy atom. The van der Waals surface area contributed by atoms with Gasteiger partial charge in [-0.05, 0) is 12.8 Å². The van der Waals surface area contributed by atoms with Gasteiger partial charge in [0.05, 0.1) is 19.8 Å². The van der Waals surface area contributed by atoms with Crippen molar-refractivity contribution in [1.29, 1.82) is 0 Å². The number of piperidine rings is 1. The van der Waals surface area contributed by atoms with Crippen LogP contribution in [-0.4, -0.2) is 65.0 Å². The average molecular weight is 282 g/mol. The molecule has 2 fully saturated rings. The first kappa shape index (κ1) is 13.3. The predicted octanol–water partition coefficient (Wildman–Crippen LogP) is -0.781. The monoisotopic (exact) mass is 282 g/mol. The van der Waals surface area contributed by atoms with Crippen LogP contribution < -0.4 is 5.69 Å². The number of carbonyl (C=O) groups excluding carboxylic acids is 1. The molecule has 0 radical (unpaired) electrons. The summed E-state index contributed by atoms with van der Waals surface area (Å²) < 4.78 is 10.7. The number of nitrogens with zero attached hydrogens (tertiary/aromatic N) is 2. The maximum absolute atomic E-state index is 12.4. The van der Waals surface area contributed by atoms with E-state index < -0.39 is 6.10 Å². The van der Waals surface area contributed by atoms with E-state index in [1.54, 1.807) is 4.90 Å². The Kier molecular flexibility index (Phi) is 3.83. The quantitative estimate of drug-likeness (QED) is 0.741. The molecule has 3 heterocycles. The van der Waals surface area contributed by atoms with Crippen molar-refractivity contribution in [3.05, 3.63) is 16.3 Å². The topological polar surface area (TPSA) is 100 Å². The zero-order chi connectivity index (χ0) is 13.9. The van der Waals surface area contributed by atoms with E-state index in [1.807, 2.05) is 0 Å². The summed E-state index contributed by atoms with van der Waals surface area (Å²) in [5.41, 5.74) is -0.313. The van der Waals surface area contributed by atoms with Gasteiger partial charge in [-0.2, -0.15) is 5.10 Å². The van der Waals surface area contributed by atoms with Crippen LogP contribution in [0.3, 0.4) is 0 Å². The smallest absolute Gasteiger partial charge is 0.340 e. The van der Waals surface area contributed by atoms with Gasteiger partial charge in [0.1, 0.15) is 5.82 Å². The molecule has 2 saturated heterocycles. The number of amides is 1. The number of aromatic amines is 2. The van der Waals surface area contributed by atoms with Crippen LogP contribution in [0.1, 0.15) is 24.6 Å². The Morgan fingerprint density at radius 1 is 1.40 bits per heavy atom. The van der Waals surface area contributed by atoms with Crippen molar-refractivity contribution in [2.45, 2.75) is 24.9 Å². The van der Waals surface area contributed by atoms with Crippen molar-refractivity contribution in [3.8, 4) is 0 Å². The third-order valence-corrected chi connectivity index (χ3v) is 3.73. The number of nitrogens with one attached hydrogen (secondary N) is 2. The lowest BCUT2D eigenvalue weighted by Gasteiger charge is -2.34. The molecule has 2 aliphatic rings. The summed E-state index contributed by atoms with van der Waals surface area (Å²) in [6.45, 7) is 2.59. The van der Waals surface area contributed by atoms with Crippen LogP contribution in [0, 0.1) is 0 Å². The van der Waals surface area contributed by atoms with Crippen LogP contribution in [-0.2, 0) is 14.3 Å². The third-order valence-electron chi connectivity index (χ3n) is 3.73. The first-order valence-corrected chi connectivity index (χ1v) is 6.87. The number of aromatic nitrogens is 3. The highest BCUT2D eigenvalue weighted by molar-refractivity contribution is 5.81. The van der Waals surface area contributed by atoms with E-state index in [0.717, 1.165) is 12.8 Å². The summed E-state index contributed by atoms with van der Waals surface area (Å²) in [5, 5.41) is 6.32. The number of H-pyrrole nitrogens is 2. The number of carbonyl (C=O) groups is 1. The summed E-state index contributed by atoms with van der Waals surface area (Å²) in [7, 11) is 0. The van der Waals surface area contributed by atoms with Crippen LogP contribution in [0.2, 0.25) is 0 Å². The van der Waals surface area contributed by atoms with Gasteiger partial charge in [0, 0.05) is 19.0 Å². The fourth-order valence-corrected chi connectivity index (χ4v) is 2.71. The Balaban J connectivity index is 1.65. The van der Waals surface area contributed by atoms with Crippen molar-refractivity contribution >= 4 is 5.91 Å². The molecular weight excluding hydrogens is 264 g/mol. The van der Waals surface area contributed by atoms with Gasteiger partial charge in [-0.1, -0.05) is 0 Å². The van der Waals surface area contributed by atoms with Crippen LogP contribution >= 0.6 is 0 Å². The third kappa shape index (κ3) is 2.75. The molecule has 0 spiro atoms. The Labute approximate surface area is 115 Å². The van der Waals surface area contributed by atoms with Gasteiger partial charge in [0.15, 0.2) is 6.10 Å². The van der Waals surface area contributed by atoms with Gasteiger partial charge in [0.25, 0.3) is 5.91 Å². The zero-order valence-electron chi connectivity index (χ0n) is 11.1. The van der Waals surface area contributed by atoms with E-state index >= 15 is 0 Å². The molecule has 2 N–H and O–H groups in total. The fraction of sp³-hybridized carbons (Fsp3) is 0.750. The van der Waals surface area contributed by atoms with Crippen LogP contribution in [0.5, 0.6) is 0 Å². The van der Waals surface area contributed by atoms with E-state index in [0.29, 0.717) is 38.7 Å². The lowest BCUT2D eigenvalue weighted by molar-refractivity contribution is -0.159. The Morgan fingerprint density at radius 2 is 2.30 bits per heavy atom. The van der Waals surface area contributed by atoms with E-state index in [-0.39, 0.29) is 17.5 Å². The van der Waals surface area contributed by atoms with Crippen molar-refractivity contribution < 1.29 is 14.3 Å². The molecule has 8 heteroatoms. The molecule has 2 aliphatic heterocycles. The van der Waals surface area contributed by atoms with Crippen molar-refractivity contribution in [3.63, 3.8) is 0 Å². The van der Waals surface area contributed by atoms with Crippen molar-refractivity contribution in [2.24, 2.45) is 0 Å². The lowest BCUT2D eigenvalue weighted by Crippen LogP contribution is -2.48.